The second-order valence-corrected chi connectivity index (χ2v) is 7.67. The van der Waals surface area contributed by atoms with Gasteiger partial charge in [0.15, 0.2) is 0 Å². The summed E-state index contributed by atoms with van der Waals surface area (Å²) in [6, 6.07) is 5.93. The highest BCUT2D eigenvalue weighted by Crippen LogP contribution is 2.33. The van der Waals surface area contributed by atoms with Crippen molar-refractivity contribution in [2.24, 2.45) is 0 Å². The molecule has 0 radical (unpaired) electrons. The van der Waals surface area contributed by atoms with Crippen molar-refractivity contribution in [2.75, 3.05) is 31.1 Å². The number of benzene rings is 1. The van der Waals surface area contributed by atoms with E-state index in [2.05, 4.69) is 4.98 Å². The van der Waals surface area contributed by atoms with E-state index in [0.717, 1.165) is 12.8 Å². The molecule has 2 aromatic rings. The van der Waals surface area contributed by atoms with Gasteiger partial charge in [-0.3, -0.25) is 9.59 Å². The second kappa shape index (κ2) is 7.36. The van der Waals surface area contributed by atoms with E-state index in [1.807, 2.05) is 4.90 Å². The van der Waals surface area contributed by atoms with Crippen molar-refractivity contribution in [2.45, 2.75) is 24.9 Å². The van der Waals surface area contributed by atoms with Gasteiger partial charge in [0.2, 0.25) is 0 Å². The molecule has 1 atom stereocenters. The van der Waals surface area contributed by atoms with Gasteiger partial charge in [-0.1, -0.05) is 0 Å². The van der Waals surface area contributed by atoms with E-state index >= 15 is 0 Å². The van der Waals surface area contributed by atoms with Crippen LogP contribution in [0.15, 0.2) is 35.2 Å². The third-order valence-electron chi connectivity index (χ3n) is 5.22. The van der Waals surface area contributed by atoms with Gasteiger partial charge in [0.25, 0.3) is 11.8 Å². The number of carbonyl (C=O) groups excluding carboxylic acids is 2. The van der Waals surface area contributed by atoms with E-state index in [1.54, 1.807) is 27.9 Å². The number of anilines is 1. The second-order valence-electron chi connectivity index (χ2n) is 6.95. The maximum atomic E-state index is 13.2. The van der Waals surface area contributed by atoms with Crippen LogP contribution in [0, 0.1) is 5.82 Å². The number of morpholine rings is 1. The molecule has 2 aliphatic heterocycles. The zero-order chi connectivity index (χ0) is 18.9. The van der Waals surface area contributed by atoms with Crippen molar-refractivity contribution in [1.82, 2.24) is 9.88 Å². The summed E-state index contributed by atoms with van der Waals surface area (Å²) in [5.41, 5.74) is 2.31. The maximum absolute atomic E-state index is 13.2. The Bertz CT molecular complexity index is 827. The van der Waals surface area contributed by atoms with Gasteiger partial charge in [-0.2, -0.15) is 0 Å². The molecule has 3 heterocycles. The molecule has 2 amide bonds. The van der Waals surface area contributed by atoms with E-state index in [0.29, 0.717) is 37.4 Å². The highest BCUT2D eigenvalue weighted by atomic mass is 32.1. The standard InChI is InChI=1S/C19H20FN3O3S/c20-14-2-4-15(5-3-14)23-12-19(26-10-17(23)24)6-1-8-22(9-7-19)18(25)16-11-27-13-21-16/h2-5,11,13H,1,6-10,12H2. The molecule has 0 saturated carbocycles. The largest absolute Gasteiger partial charge is 0.363 e. The number of hydrogen-bond acceptors (Lipinski definition) is 5. The molecular weight excluding hydrogens is 369 g/mol. The van der Waals surface area contributed by atoms with Crippen molar-refractivity contribution in [3.8, 4) is 0 Å². The van der Waals surface area contributed by atoms with Crippen LogP contribution in [0.5, 0.6) is 0 Å². The summed E-state index contributed by atoms with van der Waals surface area (Å²) < 4.78 is 19.2. The summed E-state index contributed by atoms with van der Waals surface area (Å²) in [6.45, 7) is 1.61. The minimum absolute atomic E-state index is 0.00257. The number of likely N-dealkylation sites (tertiary alicyclic amines) is 1. The van der Waals surface area contributed by atoms with Crippen LogP contribution in [-0.2, 0) is 9.53 Å². The first kappa shape index (κ1) is 18.1. The lowest BCUT2D eigenvalue weighted by molar-refractivity contribution is -0.140. The summed E-state index contributed by atoms with van der Waals surface area (Å²) in [6.07, 6.45) is 2.20. The number of amides is 2. The first-order valence-corrected chi connectivity index (χ1v) is 9.88. The Labute approximate surface area is 160 Å². The van der Waals surface area contributed by atoms with Crippen LogP contribution in [0.25, 0.3) is 0 Å². The van der Waals surface area contributed by atoms with Crippen LogP contribution in [0.4, 0.5) is 10.1 Å². The summed E-state index contributed by atoms with van der Waals surface area (Å²) in [5, 5.41) is 1.76. The molecule has 0 bridgehead atoms. The molecule has 2 fully saturated rings. The number of nitrogens with zero attached hydrogens (tertiary/aromatic N) is 3. The van der Waals surface area contributed by atoms with Crippen molar-refractivity contribution < 1.29 is 18.7 Å². The number of hydrogen-bond donors (Lipinski definition) is 0. The lowest BCUT2D eigenvalue weighted by Crippen LogP contribution is -2.55. The number of rotatable bonds is 2. The monoisotopic (exact) mass is 389 g/mol. The van der Waals surface area contributed by atoms with Crippen molar-refractivity contribution in [3.63, 3.8) is 0 Å². The molecule has 8 heteroatoms. The van der Waals surface area contributed by atoms with Gasteiger partial charge in [0.05, 0.1) is 17.7 Å². The molecule has 6 nitrogen and oxygen atoms in total. The molecule has 0 N–H and O–H groups in total. The van der Waals surface area contributed by atoms with E-state index < -0.39 is 5.60 Å². The Morgan fingerprint density at radius 1 is 1.22 bits per heavy atom. The van der Waals surface area contributed by atoms with Crippen molar-refractivity contribution in [3.05, 3.63) is 46.7 Å². The Morgan fingerprint density at radius 2 is 2.04 bits per heavy atom. The fourth-order valence-corrected chi connectivity index (χ4v) is 4.25. The molecule has 1 unspecified atom stereocenters. The van der Waals surface area contributed by atoms with E-state index in [-0.39, 0.29) is 24.2 Å². The average molecular weight is 389 g/mol. The molecule has 142 valence electrons. The molecule has 1 aromatic carbocycles. The molecular formula is C19H20FN3O3S. The fraction of sp³-hybridized carbons (Fsp3) is 0.421. The first-order valence-electron chi connectivity index (χ1n) is 8.94. The number of aromatic nitrogens is 1. The zero-order valence-electron chi connectivity index (χ0n) is 14.8. The summed E-state index contributed by atoms with van der Waals surface area (Å²) in [4.78, 5) is 32.5. The van der Waals surface area contributed by atoms with E-state index in [9.17, 15) is 14.0 Å². The fourth-order valence-electron chi connectivity index (χ4n) is 3.72. The van der Waals surface area contributed by atoms with Crippen LogP contribution in [0.3, 0.4) is 0 Å². The topological polar surface area (TPSA) is 62.7 Å². The average Bonchev–Trinajstić information content (AvgIpc) is 3.14. The molecule has 0 aliphatic carbocycles. The van der Waals surface area contributed by atoms with E-state index in [1.165, 1.54) is 23.5 Å². The minimum atomic E-state index is -0.487. The Balaban J connectivity index is 1.49. The maximum Gasteiger partial charge on any atom is 0.273 e. The molecule has 1 aromatic heterocycles. The van der Waals surface area contributed by atoms with Gasteiger partial charge >= 0.3 is 0 Å². The van der Waals surface area contributed by atoms with E-state index in [4.69, 9.17) is 4.74 Å². The lowest BCUT2D eigenvalue weighted by Gasteiger charge is -2.42. The Morgan fingerprint density at radius 3 is 2.78 bits per heavy atom. The predicted molar refractivity (Wildman–Crippen MR) is 99.3 cm³/mol. The van der Waals surface area contributed by atoms with Crippen molar-refractivity contribution in [1.29, 1.82) is 0 Å². The highest BCUT2D eigenvalue weighted by molar-refractivity contribution is 7.07. The summed E-state index contributed by atoms with van der Waals surface area (Å²) in [5.74, 6) is -0.526. The van der Waals surface area contributed by atoms with Crippen LogP contribution in [0.1, 0.15) is 29.8 Å². The van der Waals surface area contributed by atoms with Crippen LogP contribution >= 0.6 is 11.3 Å². The van der Waals surface area contributed by atoms with Gasteiger partial charge in [0.1, 0.15) is 18.1 Å². The summed E-state index contributed by atoms with van der Waals surface area (Å²) in [7, 11) is 0. The third kappa shape index (κ3) is 3.72. The molecule has 4 rings (SSSR count). The quantitative estimate of drug-likeness (QED) is 0.792. The summed E-state index contributed by atoms with van der Waals surface area (Å²) >= 11 is 1.40. The van der Waals surface area contributed by atoms with Gasteiger partial charge in [-0.15, -0.1) is 11.3 Å². The predicted octanol–water partition coefficient (Wildman–Crippen LogP) is 2.71. The van der Waals surface area contributed by atoms with Gasteiger partial charge < -0.3 is 14.5 Å². The highest BCUT2D eigenvalue weighted by Gasteiger charge is 2.42. The molecule has 2 aliphatic rings. The minimum Gasteiger partial charge on any atom is -0.363 e. The number of halogens is 1. The number of thiazole rings is 1. The zero-order valence-corrected chi connectivity index (χ0v) is 15.6. The smallest absolute Gasteiger partial charge is 0.273 e. The number of carbonyl (C=O) groups is 2. The van der Waals surface area contributed by atoms with Gasteiger partial charge in [-0.05, 0) is 43.5 Å². The molecule has 1 spiro atoms. The van der Waals surface area contributed by atoms with Crippen LogP contribution in [-0.4, -0.2) is 53.5 Å². The van der Waals surface area contributed by atoms with Gasteiger partial charge in [0, 0.05) is 24.2 Å². The lowest BCUT2D eigenvalue weighted by atomic mass is 9.92. The Hall–Kier alpha value is -2.32. The molecule has 27 heavy (non-hydrogen) atoms. The first-order chi connectivity index (χ1) is 13.1. The van der Waals surface area contributed by atoms with Crippen molar-refractivity contribution >= 4 is 28.8 Å². The van der Waals surface area contributed by atoms with Gasteiger partial charge in [-0.25, -0.2) is 9.37 Å². The Kier molecular flexibility index (Phi) is 4.92. The van der Waals surface area contributed by atoms with Crippen LogP contribution < -0.4 is 4.90 Å². The van der Waals surface area contributed by atoms with Crippen LogP contribution in [0.2, 0.25) is 0 Å². The normalized spacial score (nSPS) is 23.5. The third-order valence-corrected chi connectivity index (χ3v) is 5.81. The SMILES string of the molecule is O=C(c1cscn1)N1CCCC2(CC1)CN(c1ccc(F)cc1)C(=O)CO2. The number of ether oxygens (including phenoxy) is 1. The molecule has 2 saturated heterocycles.